The number of methoxy groups -OCH3 is 1. The van der Waals surface area contributed by atoms with Crippen LogP contribution in [-0.4, -0.2) is 26.3 Å². The predicted molar refractivity (Wildman–Crippen MR) is 68.1 cm³/mol. The first-order valence-electron chi connectivity index (χ1n) is 5.62. The SMILES string of the molecule is COCCOC(=O)/C=C/c1cc2ccccc2o1. The highest BCUT2D eigenvalue weighted by Gasteiger charge is 2.01. The Morgan fingerprint density at radius 3 is 2.94 bits per heavy atom. The second-order valence-electron chi connectivity index (χ2n) is 3.68. The van der Waals surface area contributed by atoms with Crippen molar-refractivity contribution in [3.63, 3.8) is 0 Å². The van der Waals surface area contributed by atoms with Crippen LogP contribution in [0.15, 0.2) is 40.8 Å². The monoisotopic (exact) mass is 246 g/mol. The van der Waals surface area contributed by atoms with Crippen LogP contribution in [-0.2, 0) is 14.3 Å². The first kappa shape index (κ1) is 12.4. The molecule has 0 fully saturated rings. The van der Waals surface area contributed by atoms with Crippen LogP contribution in [0.25, 0.3) is 17.0 Å². The van der Waals surface area contributed by atoms with Gasteiger partial charge in [0.05, 0.1) is 6.61 Å². The Bertz CT molecular complexity index is 521. The van der Waals surface area contributed by atoms with Crippen molar-refractivity contribution in [2.45, 2.75) is 0 Å². The van der Waals surface area contributed by atoms with Gasteiger partial charge in [-0.25, -0.2) is 4.79 Å². The predicted octanol–water partition coefficient (Wildman–Crippen LogP) is 2.64. The van der Waals surface area contributed by atoms with Gasteiger partial charge < -0.3 is 13.9 Å². The Morgan fingerprint density at radius 1 is 1.33 bits per heavy atom. The minimum atomic E-state index is -0.410. The molecule has 0 saturated heterocycles. The molecule has 94 valence electrons. The van der Waals surface area contributed by atoms with E-state index in [0.717, 1.165) is 11.0 Å². The maximum atomic E-state index is 11.3. The largest absolute Gasteiger partial charge is 0.460 e. The number of furan rings is 1. The zero-order valence-corrected chi connectivity index (χ0v) is 10.1. The van der Waals surface area contributed by atoms with Crippen LogP contribution in [0, 0.1) is 0 Å². The summed E-state index contributed by atoms with van der Waals surface area (Å²) in [6, 6.07) is 9.54. The first-order valence-corrected chi connectivity index (χ1v) is 5.62. The number of hydrogen-bond donors (Lipinski definition) is 0. The lowest BCUT2D eigenvalue weighted by molar-refractivity contribution is -0.138. The van der Waals surface area contributed by atoms with Crippen molar-refractivity contribution in [1.82, 2.24) is 0 Å². The van der Waals surface area contributed by atoms with Crippen LogP contribution >= 0.6 is 0 Å². The van der Waals surface area contributed by atoms with E-state index in [4.69, 9.17) is 13.9 Å². The van der Waals surface area contributed by atoms with E-state index in [2.05, 4.69) is 0 Å². The molecule has 0 saturated carbocycles. The zero-order valence-electron chi connectivity index (χ0n) is 10.1. The summed E-state index contributed by atoms with van der Waals surface area (Å²) >= 11 is 0. The molecule has 0 atom stereocenters. The lowest BCUT2D eigenvalue weighted by Gasteiger charge is -1.98. The number of carbonyl (C=O) groups is 1. The third kappa shape index (κ3) is 3.21. The van der Waals surface area contributed by atoms with E-state index < -0.39 is 5.97 Å². The van der Waals surface area contributed by atoms with Gasteiger partial charge in [-0.1, -0.05) is 18.2 Å². The number of carbonyl (C=O) groups excluding carboxylic acids is 1. The second-order valence-corrected chi connectivity index (χ2v) is 3.68. The summed E-state index contributed by atoms with van der Waals surface area (Å²) in [5.74, 6) is 0.215. The highest BCUT2D eigenvalue weighted by atomic mass is 16.6. The molecule has 0 N–H and O–H groups in total. The maximum absolute atomic E-state index is 11.3. The Kier molecular flexibility index (Phi) is 4.15. The maximum Gasteiger partial charge on any atom is 0.330 e. The van der Waals surface area contributed by atoms with E-state index in [9.17, 15) is 4.79 Å². The van der Waals surface area contributed by atoms with E-state index in [1.165, 1.54) is 6.08 Å². The van der Waals surface area contributed by atoms with Crippen molar-refractivity contribution < 1.29 is 18.7 Å². The van der Waals surface area contributed by atoms with Crippen molar-refractivity contribution >= 4 is 23.0 Å². The van der Waals surface area contributed by atoms with Gasteiger partial charge in [0.15, 0.2) is 0 Å². The quantitative estimate of drug-likeness (QED) is 0.462. The van der Waals surface area contributed by atoms with Gasteiger partial charge in [0.2, 0.25) is 0 Å². The summed E-state index contributed by atoms with van der Waals surface area (Å²) in [5.41, 5.74) is 0.796. The highest BCUT2D eigenvalue weighted by Crippen LogP contribution is 2.19. The number of hydrogen-bond acceptors (Lipinski definition) is 4. The van der Waals surface area contributed by atoms with Crippen molar-refractivity contribution in [3.8, 4) is 0 Å². The van der Waals surface area contributed by atoms with Gasteiger partial charge >= 0.3 is 5.97 Å². The lowest BCUT2D eigenvalue weighted by atomic mass is 10.2. The molecule has 0 spiro atoms. The summed E-state index contributed by atoms with van der Waals surface area (Å²) in [7, 11) is 1.55. The van der Waals surface area contributed by atoms with Crippen LogP contribution in [0.1, 0.15) is 5.76 Å². The molecule has 0 aliphatic heterocycles. The minimum Gasteiger partial charge on any atom is -0.460 e. The Labute approximate surface area is 105 Å². The molecule has 0 aliphatic rings. The van der Waals surface area contributed by atoms with Crippen molar-refractivity contribution in [1.29, 1.82) is 0 Å². The van der Waals surface area contributed by atoms with Crippen LogP contribution in [0.5, 0.6) is 0 Å². The zero-order chi connectivity index (χ0) is 12.8. The molecule has 2 rings (SSSR count). The van der Waals surface area contributed by atoms with Crippen LogP contribution in [0.2, 0.25) is 0 Å². The van der Waals surface area contributed by atoms with Crippen molar-refractivity contribution in [3.05, 3.63) is 42.2 Å². The van der Waals surface area contributed by atoms with Gasteiger partial charge in [-0.3, -0.25) is 0 Å². The molecular weight excluding hydrogens is 232 g/mol. The van der Waals surface area contributed by atoms with Gasteiger partial charge in [0.25, 0.3) is 0 Å². The lowest BCUT2D eigenvalue weighted by Crippen LogP contribution is -2.06. The van der Waals surface area contributed by atoms with Crippen LogP contribution < -0.4 is 0 Å². The van der Waals surface area contributed by atoms with Crippen LogP contribution in [0.4, 0.5) is 0 Å². The highest BCUT2D eigenvalue weighted by molar-refractivity contribution is 5.88. The van der Waals surface area contributed by atoms with E-state index in [-0.39, 0.29) is 6.61 Å². The number of esters is 1. The summed E-state index contributed by atoms with van der Waals surface area (Å²) in [5, 5.41) is 1.00. The van der Waals surface area contributed by atoms with Gasteiger partial charge in [-0.05, 0) is 18.2 Å². The molecule has 1 heterocycles. The third-order valence-electron chi connectivity index (χ3n) is 2.36. The topological polar surface area (TPSA) is 48.7 Å². The smallest absolute Gasteiger partial charge is 0.330 e. The molecule has 0 unspecified atom stereocenters. The summed E-state index contributed by atoms with van der Waals surface area (Å²) in [6.07, 6.45) is 2.93. The number of rotatable bonds is 5. The molecule has 4 heteroatoms. The Hall–Kier alpha value is -2.07. The summed E-state index contributed by atoms with van der Waals surface area (Å²) in [6.45, 7) is 0.643. The third-order valence-corrected chi connectivity index (χ3v) is 2.36. The number of fused-ring (bicyclic) bond motifs is 1. The van der Waals surface area contributed by atoms with Crippen molar-refractivity contribution in [2.24, 2.45) is 0 Å². The molecule has 2 aromatic rings. The molecule has 1 aromatic heterocycles. The second kappa shape index (κ2) is 6.02. The average molecular weight is 246 g/mol. The normalized spacial score (nSPS) is 11.2. The Balaban J connectivity index is 1.98. The molecule has 1 aromatic carbocycles. The van der Waals surface area contributed by atoms with Gasteiger partial charge in [0, 0.05) is 18.6 Å². The van der Waals surface area contributed by atoms with Crippen molar-refractivity contribution in [2.75, 3.05) is 20.3 Å². The molecule has 4 nitrogen and oxygen atoms in total. The molecular formula is C14H14O4. The molecule has 0 amide bonds. The van der Waals surface area contributed by atoms with Gasteiger partial charge in [-0.2, -0.15) is 0 Å². The van der Waals surface area contributed by atoms with E-state index in [0.29, 0.717) is 12.4 Å². The van der Waals surface area contributed by atoms with Crippen LogP contribution in [0.3, 0.4) is 0 Å². The fraction of sp³-hybridized carbons (Fsp3) is 0.214. The van der Waals surface area contributed by atoms with E-state index in [1.54, 1.807) is 13.2 Å². The van der Waals surface area contributed by atoms with E-state index in [1.807, 2.05) is 30.3 Å². The molecule has 18 heavy (non-hydrogen) atoms. The molecule has 0 aliphatic carbocycles. The fourth-order valence-electron chi connectivity index (χ4n) is 1.51. The standard InChI is InChI=1S/C14H14O4/c1-16-8-9-17-14(15)7-6-12-10-11-4-2-3-5-13(11)18-12/h2-7,10H,8-9H2,1H3/b7-6+. The fourth-order valence-corrected chi connectivity index (χ4v) is 1.51. The average Bonchev–Trinajstić information content (AvgIpc) is 2.79. The molecule has 0 bridgehead atoms. The number of para-hydroxylation sites is 1. The number of benzene rings is 1. The van der Waals surface area contributed by atoms with Gasteiger partial charge in [0.1, 0.15) is 18.0 Å². The molecule has 0 radical (unpaired) electrons. The summed E-state index contributed by atoms with van der Waals surface area (Å²) in [4.78, 5) is 11.3. The number of ether oxygens (including phenoxy) is 2. The minimum absolute atomic E-state index is 0.250. The summed E-state index contributed by atoms with van der Waals surface area (Å²) < 4.78 is 15.2. The Morgan fingerprint density at radius 2 is 2.17 bits per heavy atom. The van der Waals surface area contributed by atoms with E-state index >= 15 is 0 Å². The first-order chi connectivity index (χ1) is 8.79. The van der Waals surface area contributed by atoms with Gasteiger partial charge in [-0.15, -0.1) is 0 Å².